The van der Waals surface area contributed by atoms with Crippen LogP contribution in [0.1, 0.15) is 23.6 Å². The van der Waals surface area contributed by atoms with Crippen molar-refractivity contribution in [2.45, 2.75) is 27.2 Å². The Kier molecular flexibility index (Phi) is 2.56. The summed E-state index contributed by atoms with van der Waals surface area (Å²) in [5.41, 5.74) is 3.80. The van der Waals surface area contributed by atoms with Gasteiger partial charge >= 0.3 is 0 Å². The Morgan fingerprint density at radius 2 is 1.91 bits per heavy atom. The second kappa shape index (κ2) is 3.27. The fourth-order valence-electron chi connectivity index (χ4n) is 1.09. The minimum atomic E-state index is 0.891. The Labute approximate surface area is 73.2 Å². The second-order valence-electron chi connectivity index (χ2n) is 2.87. The van der Waals surface area contributed by atoms with Gasteiger partial charge in [-0.25, -0.2) is 0 Å². The lowest BCUT2D eigenvalue weighted by Crippen LogP contribution is -1.87. The van der Waals surface area contributed by atoms with Crippen LogP contribution in [0.3, 0.4) is 0 Å². The molecule has 0 atom stereocenters. The van der Waals surface area contributed by atoms with E-state index in [0.29, 0.717) is 0 Å². The van der Waals surface area contributed by atoms with E-state index in [1.165, 1.54) is 16.7 Å². The van der Waals surface area contributed by atoms with Crippen LogP contribution in [-0.2, 0) is 6.42 Å². The Bertz CT molecular complexity index is 241. The van der Waals surface area contributed by atoms with Gasteiger partial charge in [-0.1, -0.05) is 24.6 Å². The van der Waals surface area contributed by atoms with Crippen LogP contribution in [-0.4, -0.2) is 0 Å². The lowest BCUT2D eigenvalue weighted by molar-refractivity contribution is 1.12. The molecule has 1 aromatic rings. The molecule has 0 aliphatic rings. The quantitative estimate of drug-likeness (QED) is 0.602. The van der Waals surface area contributed by atoms with E-state index in [2.05, 4.69) is 26.8 Å². The van der Waals surface area contributed by atoms with Gasteiger partial charge < -0.3 is 0 Å². The molecule has 0 aliphatic carbocycles. The molecule has 60 valence electrons. The van der Waals surface area contributed by atoms with Crippen molar-refractivity contribution in [1.29, 1.82) is 0 Å². The summed E-state index contributed by atoms with van der Waals surface area (Å²) < 4.78 is 0. The minimum absolute atomic E-state index is 0.891. The van der Waals surface area contributed by atoms with Gasteiger partial charge in [0.05, 0.1) is 0 Å². The van der Waals surface area contributed by atoms with E-state index in [1.54, 1.807) is 0 Å². The van der Waals surface area contributed by atoms with E-state index in [-0.39, 0.29) is 0 Å². The van der Waals surface area contributed by atoms with Gasteiger partial charge in [0.25, 0.3) is 0 Å². The van der Waals surface area contributed by atoms with Crippen molar-refractivity contribution in [1.82, 2.24) is 0 Å². The van der Waals surface area contributed by atoms with Crippen LogP contribution in [0, 0.1) is 13.8 Å². The van der Waals surface area contributed by atoms with Crippen molar-refractivity contribution in [3.63, 3.8) is 0 Å². The molecule has 0 aromatic heterocycles. The third kappa shape index (κ3) is 1.75. The molecule has 0 heterocycles. The van der Waals surface area contributed by atoms with E-state index < -0.39 is 0 Å². The molecule has 11 heavy (non-hydrogen) atoms. The fourth-order valence-corrected chi connectivity index (χ4v) is 1.38. The predicted octanol–water partition coefficient (Wildman–Crippen LogP) is 3.52. The summed E-state index contributed by atoms with van der Waals surface area (Å²) in [5.74, 6) is 0. The average molecular weight is 169 g/mol. The van der Waals surface area contributed by atoms with Crippen molar-refractivity contribution >= 4 is 11.6 Å². The van der Waals surface area contributed by atoms with E-state index in [0.717, 1.165) is 11.4 Å². The maximum Gasteiger partial charge on any atom is 0.0440 e. The topological polar surface area (TPSA) is 0 Å². The first kappa shape index (κ1) is 8.61. The van der Waals surface area contributed by atoms with E-state index >= 15 is 0 Å². The molecule has 1 heteroatoms. The summed E-state index contributed by atoms with van der Waals surface area (Å²) in [6.07, 6.45) is 1.06. The zero-order chi connectivity index (χ0) is 8.43. The summed E-state index contributed by atoms with van der Waals surface area (Å²) in [7, 11) is 0. The van der Waals surface area contributed by atoms with Crippen LogP contribution in [0.4, 0.5) is 0 Å². The predicted molar refractivity (Wildman–Crippen MR) is 50.3 cm³/mol. The lowest BCUT2D eigenvalue weighted by Gasteiger charge is -2.05. The number of hydrogen-bond donors (Lipinski definition) is 0. The van der Waals surface area contributed by atoms with E-state index in [1.807, 2.05) is 6.07 Å². The van der Waals surface area contributed by atoms with Crippen molar-refractivity contribution in [2.24, 2.45) is 0 Å². The molecule has 0 amide bonds. The monoisotopic (exact) mass is 168 g/mol. The van der Waals surface area contributed by atoms with Crippen LogP contribution in [0.25, 0.3) is 0 Å². The van der Waals surface area contributed by atoms with Crippen molar-refractivity contribution < 1.29 is 0 Å². The van der Waals surface area contributed by atoms with E-state index in [4.69, 9.17) is 11.6 Å². The van der Waals surface area contributed by atoms with Gasteiger partial charge in [0.2, 0.25) is 0 Å². The first-order chi connectivity index (χ1) is 5.15. The molecule has 1 rings (SSSR count). The first-order valence-electron chi connectivity index (χ1n) is 3.90. The molecular formula is C10H13Cl. The highest BCUT2D eigenvalue weighted by atomic mass is 35.5. The van der Waals surface area contributed by atoms with Crippen molar-refractivity contribution in [2.75, 3.05) is 0 Å². The highest BCUT2D eigenvalue weighted by molar-refractivity contribution is 6.31. The molecule has 0 bridgehead atoms. The average Bonchev–Trinajstić information content (AvgIpc) is 1.99. The fraction of sp³-hybridized carbons (Fsp3) is 0.400. The lowest BCUT2D eigenvalue weighted by atomic mass is 10.1. The zero-order valence-corrected chi connectivity index (χ0v) is 8.00. The summed E-state index contributed by atoms with van der Waals surface area (Å²) in [6, 6.07) is 4.24. The van der Waals surface area contributed by atoms with Gasteiger partial charge in [0.1, 0.15) is 0 Å². The molecule has 0 spiro atoms. The maximum absolute atomic E-state index is 6.00. The molecule has 0 saturated heterocycles. The number of halogens is 1. The summed E-state index contributed by atoms with van der Waals surface area (Å²) in [4.78, 5) is 0. The van der Waals surface area contributed by atoms with Gasteiger partial charge in [-0.05, 0) is 43.0 Å². The number of benzene rings is 1. The molecule has 0 saturated carbocycles. The summed E-state index contributed by atoms with van der Waals surface area (Å²) >= 11 is 6.00. The normalized spacial score (nSPS) is 10.2. The maximum atomic E-state index is 6.00. The molecule has 0 N–H and O–H groups in total. The number of hydrogen-bond acceptors (Lipinski definition) is 0. The Balaban J connectivity index is 3.21. The Morgan fingerprint density at radius 3 is 2.36 bits per heavy atom. The highest BCUT2D eigenvalue weighted by Crippen LogP contribution is 2.20. The number of aryl methyl sites for hydroxylation is 2. The van der Waals surface area contributed by atoms with Crippen LogP contribution >= 0.6 is 11.6 Å². The van der Waals surface area contributed by atoms with Gasteiger partial charge in [-0.2, -0.15) is 0 Å². The first-order valence-corrected chi connectivity index (χ1v) is 4.28. The van der Waals surface area contributed by atoms with Crippen LogP contribution in [0.15, 0.2) is 12.1 Å². The number of rotatable bonds is 1. The minimum Gasteiger partial charge on any atom is -0.0840 e. The van der Waals surface area contributed by atoms with Crippen molar-refractivity contribution in [3.05, 3.63) is 33.8 Å². The van der Waals surface area contributed by atoms with Gasteiger partial charge in [0, 0.05) is 5.02 Å². The zero-order valence-electron chi connectivity index (χ0n) is 7.24. The molecule has 0 unspecified atom stereocenters. The molecule has 1 aromatic carbocycles. The second-order valence-corrected chi connectivity index (χ2v) is 3.28. The largest absolute Gasteiger partial charge is 0.0840 e. The van der Waals surface area contributed by atoms with Gasteiger partial charge in [-0.3, -0.25) is 0 Å². The highest BCUT2D eigenvalue weighted by Gasteiger charge is 1.99. The van der Waals surface area contributed by atoms with Crippen LogP contribution in [0.5, 0.6) is 0 Å². The molecular weight excluding hydrogens is 156 g/mol. The van der Waals surface area contributed by atoms with Crippen molar-refractivity contribution in [3.8, 4) is 0 Å². The summed E-state index contributed by atoms with van der Waals surface area (Å²) in [5, 5.41) is 0.891. The molecule has 0 radical (unpaired) electrons. The SMILES string of the molecule is CCc1cc(C)c(C)c(Cl)c1. The standard InChI is InChI=1S/C10H13Cl/c1-4-9-5-7(2)8(3)10(11)6-9/h5-6H,4H2,1-3H3. The molecule has 0 nitrogen and oxygen atoms in total. The van der Waals surface area contributed by atoms with Gasteiger partial charge in [-0.15, -0.1) is 0 Å². The van der Waals surface area contributed by atoms with Crippen LogP contribution < -0.4 is 0 Å². The molecule has 0 aliphatic heterocycles. The van der Waals surface area contributed by atoms with Crippen LogP contribution in [0.2, 0.25) is 5.02 Å². The third-order valence-corrected chi connectivity index (χ3v) is 2.46. The summed E-state index contributed by atoms with van der Waals surface area (Å²) in [6.45, 7) is 6.29. The Hall–Kier alpha value is -0.490. The third-order valence-electron chi connectivity index (χ3n) is 2.07. The molecule has 0 fully saturated rings. The smallest absolute Gasteiger partial charge is 0.0440 e. The van der Waals surface area contributed by atoms with Gasteiger partial charge in [0.15, 0.2) is 0 Å². The Morgan fingerprint density at radius 1 is 1.27 bits per heavy atom. The van der Waals surface area contributed by atoms with E-state index in [9.17, 15) is 0 Å².